The quantitative estimate of drug-likeness (QED) is 0.931. The highest BCUT2D eigenvalue weighted by atomic mass is 16.3. The van der Waals surface area contributed by atoms with Crippen molar-refractivity contribution in [3.05, 3.63) is 58.5 Å². The van der Waals surface area contributed by atoms with Crippen molar-refractivity contribution >= 4 is 5.69 Å². The predicted molar refractivity (Wildman–Crippen MR) is 87.3 cm³/mol. The third-order valence-electron chi connectivity index (χ3n) is 4.20. The monoisotopic (exact) mass is 299 g/mol. The molecule has 0 aliphatic carbocycles. The molecule has 1 fully saturated rings. The number of para-hydroxylation sites is 1. The number of hydrogen-bond acceptors (Lipinski definition) is 4. The molecule has 5 heteroatoms. The van der Waals surface area contributed by atoms with E-state index in [0.29, 0.717) is 0 Å². The number of benzene rings is 1. The maximum Gasteiger partial charge on any atom is 0.223 e. The highest BCUT2D eigenvalue weighted by molar-refractivity contribution is 5.46. The zero-order valence-corrected chi connectivity index (χ0v) is 12.8. The van der Waals surface area contributed by atoms with Gasteiger partial charge in [-0.25, -0.2) is 0 Å². The third kappa shape index (κ3) is 3.14. The van der Waals surface area contributed by atoms with E-state index in [2.05, 4.69) is 34.1 Å². The van der Waals surface area contributed by atoms with Crippen LogP contribution in [-0.2, 0) is 13.6 Å². The fourth-order valence-electron chi connectivity index (χ4n) is 2.85. The summed E-state index contributed by atoms with van der Waals surface area (Å²) in [6.07, 6.45) is 1.48. The van der Waals surface area contributed by atoms with Crippen LogP contribution in [0.3, 0.4) is 0 Å². The van der Waals surface area contributed by atoms with E-state index < -0.39 is 0 Å². The summed E-state index contributed by atoms with van der Waals surface area (Å²) in [5, 5.41) is 9.44. The summed E-state index contributed by atoms with van der Waals surface area (Å²) >= 11 is 0. The molecule has 116 valence electrons. The number of hydrogen-bond donors (Lipinski definition) is 1. The summed E-state index contributed by atoms with van der Waals surface area (Å²) in [6.45, 7) is 4.62. The fourth-order valence-corrected chi connectivity index (χ4v) is 2.85. The average Bonchev–Trinajstić information content (AvgIpc) is 2.54. The average molecular weight is 299 g/mol. The van der Waals surface area contributed by atoms with Crippen molar-refractivity contribution in [2.45, 2.75) is 6.54 Å². The van der Waals surface area contributed by atoms with Crippen LogP contribution in [0.4, 0.5) is 5.69 Å². The van der Waals surface area contributed by atoms with E-state index >= 15 is 0 Å². The highest BCUT2D eigenvalue weighted by Crippen LogP contribution is 2.16. The Labute approximate surface area is 130 Å². The van der Waals surface area contributed by atoms with Gasteiger partial charge in [0.15, 0.2) is 5.75 Å². The van der Waals surface area contributed by atoms with E-state index in [0.717, 1.165) is 38.4 Å². The van der Waals surface area contributed by atoms with Crippen molar-refractivity contribution in [2.75, 3.05) is 31.1 Å². The van der Waals surface area contributed by atoms with Crippen molar-refractivity contribution in [2.24, 2.45) is 7.05 Å². The van der Waals surface area contributed by atoms with E-state index in [9.17, 15) is 9.90 Å². The standard InChI is InChI=1S/C17H21N3O2/c1-18-13-17(22)16(21)11-15(18)12-19-7-9-20(10-8-19)14-5-3-2-4-6-14/h2-6,11,13,22H,7-10,12H2,1H3. The van der Waals surface area contributed by atoms with Gasteiger partial charge in [0.05, 0.1) is 0 Å². The molecule has 0 amide bonds. The van der Waals surface area contributed by atoms with Crippen LogP contribution in [0.5, 0.6) is 5.75 Å². The van der Waals surface area contributed by atoms with Gasteiger partial charge in [0.1, 0.15) is 0 Å². The molecule has 2 heterocycles. The summed E-state index contributed by atoms with van der Waals surface area (Å²) in [5.41, 5.74) is 1.88. The summed E-state index contributed by atoms with van der Waals surface area (Å²) in [5.74, 6) is -0.194. The smallest absolute Gasteiger partial charge is 0.223 e. The second-order valence-corrected chi connectivity index (χ2v) is 5.72. The largest absolute Gasteiger partial charge is 0.503 e. The van der Waals surface area contributed by atoms with E-state index in [-0.39, 0.29) is 11.2 Å². The second-order valence-electron chi connectivity index (χ2n) is 5.72. The number of piperazine rings is 1. The maximum absolute atomic E-state index is 11.6. The molecule has 0 unspecified atom stereocenters. The van der Waals surface area contributed by atoms with Gasteiger partial charge in [0.2, 0.25) is 5.43 Å². The molecule has 1 aromatic heterocycles. The maximum atomic E-state index is 11.6. The number of aromatic hydroxyl groups is 1. The molecule has 22 heavy (non-hydrogen) atoms. The Hall–Kier alpha value is -2.27. The van der Waals surface area contributed by atoms with E-state index in [1.807, 2.05) is 17.7 Å². The second kappa shape index (κ2) is 6.23. The molecular formula is C17H21N3O2. The first-order chi connectivity index (χ1) is 10.6. The molecule has 1 aliphatic rings. The molecule has 1 aliphatic heterocycles. The number of pyridine rings is 1. The molecule has 0 bridgehead atoms. The van der Waals surface area contributed by atoms with Gasteiger partial charge in [-0.15, -0.1) is 0 Å². The van der Waals surface area contributed by atoms with E-state index in [1.165, 1.54) is 18.0 Å². The zero-order chi connectivity index (χ0) is 15.5. The molecule has 3 rings (SSSR count). The van der Waals surface area contributed by atoms with Crippen LogP contribution in [0.25, 0.3) is 0 Å². The SMILES string of the molecule is Cn1cc(O)c(=O)cc1CN1CCN(c2ccccc2)CC1. The highest BCUT2D eigenvalue weighted by Gasteiger charge is 2.18. The minimum absolute atomic E-state index is 0.194. The van der Waals surface area contributed by atoms with Crippen molar-refractivity contribution in [3.8, 4) is 5.75 Å². The molecule has 0 radical (unpaired) electrons. The Morgan fingerprint density at radius 2 is 1.77 bits per heavy atom. The van der Waals surface area contributed by atoms with Gasteiger partial charge in [0, 0.05) is 63.4 Å². The first-order valence-electron chi connectivity index (χ1n) is 7.54. The summed E-state index contributed by atoms with van der Waals surface area (Å²) < 4.78 is 1.82. The number of anilines is 1. The predicted octanol–water partition coefficient (Wildman–Crippen LogP) is 1.41. The first-order valence-corrected chi connectivity index (χ1v) is 7.54. The number of aryl methyl sites for hydroxylation is 1. The lowest BCUT2D eigenvalue weighted by molar-refractivity contribution is 0.244. The van der Waals surface area contributed by atoms with Gasteiger partial charge < -0.3 is 14.6 Å². The lowest BCUT2D eigenvalue weighted by Gasteiger charge is -2.36. The Bertz CT molecular complexity index is 689. The number of rotatable bonds is 3. The van der Waals surface area contributed by atoms with Crippen molar-refractivity contribution in [3.63, 3.8) is 0 Å². The van der Waals surface area contributed by atoms with Gasteiger partial charge in [-0.3, -0.25) is 9.69 Å². The van der Waals surface area contributed by atoms with Crippen molar-refractivity contribution in [1.82, 2.24) is 9.47 Å². The molecule has 1 aromatic carbocycles. The molecule has 5 nitrogen and oxygen atoms in total. The van der Waals surface area contributed by atoms with Gasteiger partial charge in [-0.1, -0.05) is 18.2 Å². The Morgan fingerprint density at radius 1 is 1.09 bits per heavy atom. The molecule has 0 saturated carbocycles. The molecule has 0 spiro atoms. The topological polar surface area (TPSA) is 48.7 Å². The van der Waals surface area contributed by atoms with Crippen LogP contribution in [0.2, 0.25) is 0 Å². The molecule has 2 aromatic rings. The summed E-state index contributed by atoms with van der Waals surface area (Å²) in [6, 6.07) is 12.0. The number of nitrogens with zero attached hydrogens (tertiary/aromatic N) is 3. The van der Waals surface area contributed by atoms with E-state index in [1.54, 1.807) is 0 Å². The fraction of sp³-hybridized carbons (Fsp3) is 0.353. The molecule has 1 N–H and O–H groups in total. The normalized spacial score (nSPS) is 16.0. The lowest BCUT2D eigenvalue weighted by Crippen LogP contribution is -2.46. The van der Waals surface area contributed by atoms with Gasteiger partial charge in [0.25, 0.3) is 0 Å². The Balaban J connectivity index is 1.63. The Morgan fingerprint density at radius 3 is 2.45 bits per heavy atom. The van der Waals surface area contributed by atoms with Gasteiger partial charge in [-0.05, 0) is 12.1 Å². The van der Waals surface area contributed by atoms with Gasteiger partial charge >= 0.3 is 0 Å². The first kappa shape index (κ1) is 14.7. The van der Waals surface area contributed by atoms with Crippen molar-refractivity contribution in [1.29, 1.82) is 0 Å². The van der Waals surface area contributed by atoms with Gasteiger partial charge in [-0.2, -0.15) is 0 Å². The summed E-state index contributed by atoms with van der Waals surface area (Å²) in [4.78, 5) is 16.3. The van der Waals surface area contributed by atoms with Crippen LogP contribution < -0.4 is 10.3 Å². The molecule has 1 saturated heterocycles. The number of aromatic nitrogens is 1. The van der Waals surface area contributed by atoms with Crippen LogP contribution in [0.15, 0.2) is 47.4 Å². The zero-order valence-electron chi connectivity index (χ0n) is 12.8. The van der Waals surface area contributed by atoms with Crippen LogP contribution in [0.1, 0.15) is 5.69 Å². The lowest BCUT2D eigenvalue weighted by atomic mass is 10.2. The minimum atomic E-state index is -0.309. The summed E-state index contributed by atoms with van der Waals surface area (Å²) in [7, 11) is 1.86. The van der Waals surface area contributed by atoms with E-state index in [4.69, 9.17) is 0 Å². The Kier molecular flexibility index (Phi) is 4.15. The third-order valence-corrected chi connectivity index (χ3v) is 4.20. The van der Waals surface area contributed by atoms with Crippen molar-refractivity contribution < 1.29 is 5.11 Å². The molecular weight excluding hydrogens is 278 g/mol. The van der Waals surface area contributed by atoms with Crippen LogP contribution in [0, 0.1) is 0 Å². The van der Waals surface area contributed by atoms with Crippen LogP contribution in [-0.4, -0.2) is 40.8 Å². The van der Waals surface area contributed by atoms with Crippen LogP contribution >= 0.6 is 0 Å². The minimum Gasteiger partial charge on any atom is -0.503 e. The molecule has 0 atom stereocenters.